The number of carbonyl (C=O) groups is 2. The van der Waals surface area contributed by atoms with Crippen molar-refractivity contribution in [2.24, 2.45) is 0 Å². The molecule has 32 heavy (non-hydrogen) atoms. The standard InChI is InChI=1S/C25H26O5SSi/c1-20(26)28-18-25(31,19-29-21(2)27)30-32(22-12-6-3-7-13-22,23-14-8-4-9-15-23)24-16-10-5-11-17-24/h3-17,31H,18-19H2,1-2H3. The molecule has 0 aromatic heterocycles. The van der Waals surface area contributed by atoms with Crippen molar-refractivity contribution in [1.82, 2.24) is 0 Å². The molecule has 0 saturated carbocycles. The van der Waals surface area contributed by atoms with Gasteiger partial charge in [0.2, 0.25) is 0 Å². The van der Waals surface area contributed by atoms with Crippen LogP contribution in [0.5, 0.6) is 0 Å². The molecule has 0 heterocycles. The Bertz CT molecular complexity index is 913. The van der Waals surface area contributed by atoms with E-state index < -0.39 is 25.2 Å². The number of hydrogen-bond acceptors (Lipinski definition) is 6. The molecule has 0 N–H and O–H groups in total. The summed E-state index contributed by atoms with van der Waals surface area (Å²) in [5.41, 5.74) is 0. The molecule has 3 rings (SSSR count). The average Bonchev–Trinajstić information content (AvgIpc) is 2.82. The lowest BCUT2D eigenvalue weighted by atomic mass is 10.3. The van der Waals surface area contributed by atoms with E-state index in [4.69, 9.17) is 26.5 Å². The van der Waals surface area contributed by atoms with Crippen LogP contribution in [-0.2, 0) is 23.5 Å². The second-order valence-corrected chi connectivity index (χ2v) is 11.5. The first-order valence-electron chi connectivity index (χ1n) is 10.2. The van der Waals surface area contributed by atoms with Crippen LogP contribution in [0.4, 0.5) is 0 Å². The van der Waals surface area contributed by atoms with Gasteiger partial charge in [0.15, 0.2) is 4.93 Å². The Morgan fingerprint density at radius 3 is 1.28 bits per heavy atom. The smallest absolute Gasteiger partial charge is 0.302 e. The van der Waals surface area contributed by atoms with E-state index in [0.29, 0.717) is 0 Å². The highest BCUT2D eigenvalue weighted by atomic mass is 32.1. The highest BCUT2D eigenvalue weighted by molar-refractivity contribution is 7.81. The predicted molar refractivity (Wildman–Crippen MR) is 130 cm³/mol. The van der Waals surface area contributed by atoms with E-state index in [-0.39, 0.29) is 13.2 Å². The van der Waals surface area contributed by atoms with Crippen LogP contribution >= 0.6 is 12.6 Å². The Balaban J connectivity index is 2.22. The van der Waals surface area contributed by atoms with Crippen LogP contribution in [0.1, 0.15) is 13.8 Å². The largest absolute Gasteiger partial charge is 0.462 e. The summed E-state index contributed by atoms with van der Waals surface area (Å²) >= 11 is 4.77. The maximum absolute atomic E-state index is 11.6. The van der Waals surface area contributed by atoms with Gasteiger partial charge < -0.3 is 13.9 Å². The second kappa shape index (κ2) is 10.6. The van der Waals surface area contributed by atoms with Crippen molar-refractivity contribution in [3.8, 4) is 0 Å². The molecule has 0 fully saturated rings. The van der Waals surface area contributed by atoms with Crippen LogP contribution in [-0.4, -0.2) is 38.4 Å². The van der Waals surface area contributed by atoms with Gasteiger partial charge in [-0.2, -0.15) is 0 Å². The zero-order valence-corrected chi connectivity index (χ0v) is 20.0. The third kappa shape index (κ3) is 5.67. The lowest BCUT2D eigenvalue weighted by Crippen LogP contribution is -2.72. The van der Waals surface area contributed by atoms with Crippen molar-refractivity contribution in [2.45, 2.75) is 18.8 Å². The predicted octanol–water partition coefficient (Wildman–Crippen LogP) is 2.42. The fraction of sp³-hybridized carbons (Fsp3) is 0.200. The van der Waals surface area contributed by atoms with Crippen molar-refractivity contribution in [2.75, 3.05) is 13.2 Å². The first-order chi connectivity index (χ1) is 15.4. The zero-order chi connectivity index (χ0) is 23.0. The molecule has 0 amide bonds. The van der Waals surface area contributed by atoms with Gasteiger partial charge in [-0.15, -0.1) is 12.6 Å². The summed E-state index contributed by atoms with van der Waals surface area (Å²) < 4.78 is 17.5. The SMILES string of the molecule is CC(=O)OCC(S)(COC(C)=O)O[Si](c1ccccc1)(c1ccccc1)c1ccccc1. The molecule has 0 aliphatic heterocycles. The molecule has 3 aromatic rings. The summed E-state index contributed by atoms with van der Waals surface area (Å²) in [6.07, 6.45) is 0. The minimum absolute atomic E-state index is 0.181. The molecule has 0 unspecified atom stereocenters. The van der Waals surface area contributed by atoms with Gasteiger partial charge in [-0.1, -0.05) is 91.0 Å². The normalized spacial score (nSPS) is 11.6. The summed E-state index contributed by atoms with van der Waals surface area (Å²) in [6.45, 7) is 2.27. The Kier molecular flexibility index (Phi) is 7.90. The lowest BCUT2D eigenvalue weighted by Gasteiger charge is -2.40. The number of thiol groups is 1. The van der Waals surface area contributed by atoms with E-state index in [9.17, 15) is 9.59 Å². The van der Waals surface area contributed by atoms with Crippen LogP contribution in [0.25, 0.3) is 0 Å². The Morgan fingerprint density at radius 2 is 1.00 bits per heavy atom. The van der Waals surface area contributed by atoms with Crippen LogP contribution < -0.4 is 15.6 Å². The van der Waals surface area contributed by atoms with Gasteiger partial charge in [0.1, 0.15) is 13.2 Å². The van der Waals surface area contributed by atoms with Crippen LogP contribution in [0.15, 0.2) is 91.0 Å². The third-order valence-electron chi connectivity index (χ3n) is 4.89. The fourth-order valence-electron chi connectivity index (χ4n) is 3.51. The van der Waals surface area contributed by atoms with E-state index in [2.05, 4.69) is 0 Å². The van der Waals surface area contributed by atoms with E-state index in [1.54, 1.807) is 0 Å². The van der Waals surface area contributed by atoms with E-state index in [0.717, 1.165) is 15.6 Å². The number of benzene rings is 3. The molecule has 5 nitrogen and oxygen atoms in total. The quantitative estimate of drug-likeness (QED) is 0.173. The molecule has 0 spiro atoms. The molecule has 166 valence electrons. The van der Waals surface area contributed by atoms with E-state index in [1.165, 1.54) is 13.8 Å². The van der Waals surface area contributed by atoms with Crippen molar-refractivity contribution < 1.29 is 23.5 Å². The maximum Gasteiger partial charge on any atom is 0.302 e. The number of esters is 2. The topological polar surface area (TPSA) is 61.8 Å². The van der Waals surface area contributed by atoms with Crippen molar-refractivity contribution in [3.63, 3.8) is 0 Å². The number of carbonyl (C=O) groups excluding carboxylic acids is 2. The maximum atomic E-state index is 11.6. The summed E-state index contributed by atoms with van der Waals surface area (Å²) in [7, 11) is -3.16. The summed E-state index contributed by atoms with van der Waals surface area (Å²) in [4.78, 5) is 21.8. The second-order valence-electron chi connectivity index (χ2n) is 7.39. The molecule has 0 radical (unpaired) electrons. The number of ether oxygens (including phenoxy) is 2. The first-order valence-corrected chi connectivity index (χ1v) is 12.6. The zero-order valence-electron chi connectivity index (χ0n) is 18.1. The van der Waals surface area contributed by atoms with Crippen molar-refractivity contribution in [1.29, 1.82) is 0 Å². The van der Waals surface area contributed by atoms with E-state index in [1.807, 2.05) is 91.0 Å². The molecule has 0 aliphatic carbocycles. The fourth-order valence-corrected chi connectivity index (χ4v) is 8.08. The summed E-state index contributed by atoms with van der Waals surface area (Å²) in [5, 5.41) is 2.96. The lowest BCUT2D eigenvalue weighted by molar-refractivity contribution is -0.150. The van der Waals surface area contributed by atoms with E-state index >= 15 is 0 Å². The molecule has 3 aromatic carbocycles. The van der Waals surface area contributed by atoms with Gasteiger partial charge in [-0.25, -0.2) is 0 Å². The van der Waals surface area contributed by atoms with Gasteiger partial charge >= 0.3 is 11.9 Å². The Hall–Kier alpha value is -2.87. The van der Waals surface area contributed by atoms with Gasteiger partial charge in [0, 0.05) is 13.8 Å². The Labute approximate surface area is 194 Å². The molecule has 0 atom stereocenters. The van der Waals surface area contributed by atoms with Crippen LogP contribution in [0.3, 0.4) is 0 Å². The molecule has 0 bridgehead atoms. The monoisotopic (exact) mass is 466 g/mol. The molecular formula is C25H26O5SSi. The van der Waals surface area contributed by atoms with Gasteiger partial charge in [-0.3, -0.25) is 9.59 Å². The van der Waals surface area contributed by atoms with Crippen LogP contribution in [0.2, 0.25) is 0 Å². The third-order valence-corrected chi connectivity index (χ3v) is 9.54. The van der Waals surface area contributed by atoms with Crippen LogP contribution in [0, 0.1) is 0 Å². The van der Waals surface area contributed by atoms with Gasteiger partial charge in [0.05, 0.1) is 0 Å². The molecule has 7 heteroatoms. The minimum atomic E-state index is -3.16. The first kappa shape index (κ1) is 23.8. The number of hydrogen-bond donors (Lipinski definition) is 1. The highest BCUT2D eigenvalue weighted by Crippen LogP contribution is 2.25. The van der Waals surface area contributed by atoms with Gasteiger partial charge in [0.25, 0.3) is 8.32 Å². The molecule has 0 saturated heterocycles. The summed E-state index contributed by atoms with van der Waals surface area (Å²) in [6, 6.07) is 29.8. The Morgan fingerprint density at radius 1 is 0.688 bits per heavy atom. The van der Waals surface area contributed by atoms with Crippen molar-refractivity contribution in [3.05, 3.63) is 91.0 Å². The minimum Gasteiger partial charge on any atom is -0.462 e. The number of rotatable bonds is 9. The molecular weight excluding hydrogens is 440 g/mol. The average molecular weight is 467 g/mol. The summed E-state index contributed by atoms with van der Waals surface area (Å²) in [5.74, 6) is -0.942. The highest BCUT2D eigenvalue weighted by Gasteiger charge is 2.48. The van der Waals surface area contributed by atoms with Gasteiger partial charge in [-0.05, 0) is 15.6 Å². The molecule has 0 aliphatic rings. The van der Waals surface area contributed by atoms with Crippen molar-refractivity contribution >= 4 is 48.4 Å².